The number of carbonyl (C=O) groups is 1. The van der Waals surface area contributed by atoms with E-state index < -0.39 is 6.30 Å². The first-order chi connectivity index (χ1) is 20.7. The Morgan fingerprint density at radius 1 is 0.977 bits per heavy atom. The molecule has 0 spiro atoms. The average Bonchev–Trinajstić information content (AvgIpc) is 3.79. The van der Waals surface area contributed by atoms with Crippen molar-refractivity contribution >= 4 is 22.7 Å². The number of benzene rings is 3. The number of hydrogen-bond acceptors (Lipinski definition) is 3. The van der Waals surface area contributed by atoms with Gasteiger partial charge in [0.25, 0.3) is 5.91 Å². The first-order valence-corrected chi connectivity index (χ1v) is 15.5. The highest BCUT2D eigenvalue weighted by Crippen LogP contribution is 2.37. The number of carbonyl (C=O) groups excluding carboxylic acids is 1. The number of alkyl halides is 1. The Bertz CT molecular complexity index is 1600. The Hall–Kier alpha value is -3.87. The van der Waals surface area contributed by atoms with E-state index >= 15 is 0 Å². The number of hydrogen-bond donors (Lipinski definition) is 1. The van der Waals surface area contributed by atoms with E-state index in [9.17, 15) is 13.6 Å². The Morgan fingerprint density at radius 2 is 1.70 bits per heavy atom. The van der Waals surface area contributed by atoms with Crippen molar-refractivity contribution < 1.29 is 13.6 Å². The normalized spacial score (nSPS) is 16.8. The Kier molecular flexibility index (Phi) is 9.38. The Balaban J connectivity index is 0.000000463. The molecule has 43 heavy (non-hydrogen) atoms. The van der Waals surface area contributed by atoms with Crippen molar-refractivity contribution in [2.24, 2.45) is 11.8 Å². The minimum absolute atomic E-state index is 0.0623. The number of imidazole rings is 1. The monoisotopic (exact) mass is 584 g/mol. The molecule has 3 aromatic carbocycles. The lowest BCUT2D eigenvalue weighted by Crippen LogP contribution is -2.38. The second-order valence-corrected chi connectivity index (χ2v) is 12.1. The van der Waals surface area contributed by atoms with Crippen LogP contribution in [0.5, 0.6) is 0 Å². The standard InChI is InChI=1S/C29H28F2N4O.C7H14/c1-18-16-22(10-11-24(18)27(32)21-6-5-7-23(31)17-21)29(36)34-14-12-20(13-15-34)28-33-25-8-3-4-9-26(25)35(28)19(2)30;1-3-6(2)7-4-5-7/h3-11,16-17,19-20,32H,12-15H2,1-2H3;6-7H,3-5H2,1-2H3. The molecule has 1 amide bonds. The summed E-state index contributed by atoms with van der Waals surface area (Å²) in [5.74, 6) is 2.50. The number of para-hydroxylation sites is 2. The van der Waals surface area contributed by atoms with Crippen molar-refractivity contribution in [2.45, 2.75) is 72.0 Å². The second kappa shape index (κ2) is 13.2. The minimum atomic E-state index is -1.18. The number of nitrogens with one attached hydrogen (secondary N) is 1. The van der Waals surface area contributed by atoms with Gasteiger partial charge < -0.3 is 4.90 Å². The fourth-order valence-electron chi connectivity index (χ4n) is 6.12. The fraction of sp³-hybridized carbons (Fsp3) is 0.417. The van der Waals surface area contributed by atoms with E-state index in [1.54, 1.807) is 34.9 Å². The molecule has 0 radical (unpaired) electrons. The van der Waals surface area contributed by atoms with Crippen LogP contribution < -0.4 is 0 Å². The summed E-state index contributed by atoms with van der Waals surface area (Å²) in [5, 5.41) is 8.48. The second-order valence-electron chi connectivity index (χ2n) is 12.1. The lowest BCUT2D eigenvalue weighted by Gasteiger charge is -2.32. The van der Waals surface area contributed by atoms with Crippen LogP contribution in [0, 0.1) is 30.0 Å². The molecule has 2 heterocycles. The summed E-state index contributed by atoms with van der Waals surface area (Å²) in [7, 11) is 0. The van der Waals surface area contributed by atoms with E-state index in [-0.39, 0.29) is 23.4 Å². The molecule has 2 unspecified atom stereocenters. The molecule has 1 saturated carbocycles. The molecule has 1 aliphatic heterocycles. The van der Waals surface area contributed by atoms with Gasteiger partial charge in [-0.15, -0.1) is 0 Å². The molecule has 1 saturated heterocycles. The van der Waals surface area contributed by atoms with Gasteiger partial charge in [0.1, 0.15) is 11.6 Å². The number of rotatable bonds is 7. The molecule has 0 bridgehead atoms. The van der Waals surface area contributed by atoms with E-state index in [0.717, 1.165) is 34.3 Å². The van der Waals surface area contributed by atoms with Crippen molar-refractivity contribution in [2.75, 3.05) is 13.1 Å². The highest BCUT2D eigenvalue weighted by molar-refractivity contribution is 6.12. The average molecular weight is 585 g/mol. The van der Waals surface area contributed by atoms with Gasteiger partial charge in [-0.05, 0) is 93.3 Å². The summed E-state index contributed by atoms with van der Waals surface area (Å²) >= 11 is 0. The third-order valence-electron chi connectivity index (χ3n) is 9.05. The van der Waals surface area contributed by atoms with Crippen LogP contribution in [0.3, 0.4) is 0 Å². The number of amides is 1. The van der Waals surface area contributed by atoms with Gasteiger partial charge >= 0.3 is 0 Å². The van der Waals surface area contributed by atoms with E-state index in [2.05, 4.69) is 13.8 Å². The maximum absolute atomic E-state index is 14.5. The molecule has 6 rings (SSSR count). The molecular weight excluding hydrogens is 542 g/mol. The van der Waals surface area contributed by atoms with Crippen molar-refractivity contribution in [3.63, 3.8) is 0 Å². The van der Waals surface area contributed by atoms with Gasteiger partial charge in [0.05, 0.1) is 16.7 Å². The summed E-state index contributed by atoms with van der Waals surface area (Å²) in [6.45, 7) is 9.15. The first kappa shape index (κ1) is 30.6. The molecular formula is C36H42F2N4O. The van der Waals surface area contributed by atoms with Crippen molar-refractivity contribution in [3.05, 3.63) is 101 Å². The predicted molar refractivity (Wildman–Crippen MR) is 169 cm³/mol. The van der Waals surface area contributed by atoms with E-state index in [1.165, 1.54) is 38.3 Å². The van der Waals surface area contributed by atoms with Gasteiger partial charge in [-0.3, -0.25) is 14.8 Å². The zero-order valence-electron chi connectivity index (χ0n) is 25.6. The minimum Gasteiger partial charge on any atom is -0.339 e. The SMILES string of the molecule is CCC(C)C1CC1.Cc1cc(C(=O)N2CCC(c3nc4ccccc4n3C(C)F)CC2)ccc1C(=N)c1cccc(F)c1. The third-order valence-corrected chi connectivity index (χ3v) is 9.05. The molecule has 1 aromatic heterocycles. The topological polar surface area (TPSA) is 62.0 Å². The lowest BCUT2D eigenvalue weighted by atomic mass is 9.94. The van der Waals surface area contributed by atoms with E-state index in [4.69, 9.17) is 10.4 Å². The zero-order chi connectivity index (χ0) is 30.7. The Morgan fingerprint density at radius 3 is 2.30 bits per heavy atom. The molecule has 2 aliphatic rings. The molecule has 1 N–H and O–H groups in total. The van der Waals surface area contributed by atoms with Crippen LogP contribution in [-0.4, -0.2) is 39.2 Å². The van der Waals surface area contributed by atoms with Gasteiger partial charge in [0.15, 0.2) is 6.30 Å². The fourth-order valence-corrected chi connectivity index (χ4v) is 6.12. The highest BCUT2D eigenvalue weighted by Gasteiger charge is 2.29. The number of halogens is 2. The van der Waals surface area contributed by atoms with Crippen LogP contribution in [0.25, 0.3) is 11.0 Å². The quantitative estimate of drug-likeness (QED) is 0.221. The number of aryl methyl sites for hydroxylation is 1. The molecule has 226 valence electrons. The summed E-state index contributed by atoms with van der Waals surface area (Å²) in [6, 6.07) is 18.8. The van der Waals surface area contributed by atoms with Crippen LogP contribution in [-0.2, 0) is 0 Å². The number of aromatic nitrogens is 2. The maximum Gasteiger partial charge on any atom is 0.253 e. The number of likely N-dealkylation sites (tertiary alicyclic amines) is 1. The largest absolute Gasteiger partial charge is 0.339 e. The summed E-state index contributed by atoms with van der Waals surface area (Å²) in [5.41, 5.74) is 4.30. The summed E-state index contributed by atoms with van der Waals surface area (Å²) in [4.78, 5) is 19.8. The van der Waals surface area contributed by atoms with Gasteiger partial charge in [0, 0.05) is 35.7 Å². The van der Waals surface area contributed by atoms with Crippen LogP contribution in [0.1, 0.15) is 98.0 Å². The lowest BCUT2D eigenvalue weighted by molar-refractivity contribution is 0.0708. The number of fused-ring (bicyclic) bond motifs is 1. The predicted octanol–water partition coefficient (Wildman–Crippen LogP) is 8.85. The zero-order valence-corrected chi connectivity index (χ0v) is 25.6. The molecule has 2 fully saturated rings. The summed E-state index contributed by atoms with van der Waals surface area (Å²) < 4.78 is 29.8. The van der Waals surface area contributed by atoms with Crippen LogP contribution in [0.2, 0.25) is 0 Å². The first-order valence-electron chi connectivity index (χ1n) is 15.5. The summed E-state index contributed by atoms with van der Waals surface area (Å²) in [6.07, 6.45) is 4.64. The third kappa shape index (κ3) is 6.87. The van der Waals surface area contributed by atoms with Crippen LogP contribution in [0.15, 0.2) is 66.7 Å². The van der Waals surface area contributed by atoms with Gasteiger partial charge in [0.2, 0.25) is 0 Å². The van der Waals surface area contributed by atoms with Crippen molar-refractivity contribution in [1.82, 2.24) is 14.5 Å². The van der Waals surface area contributed by atoms with E-state index in [1.807, 2.05) is 36.1 Å². The van der Waals surface area contributed by atoms with Gasteiger partial charge in [-0.2, -0.15) is 0 Å². The number of piperidine rings is 1. The van der Waals surface area contributed by atoms with Gasteiger partial charge in [-0.25, -0.2) is 13.8 Å². The van der Waals surface area contributed by atoms with Crippen LogP contribution >= 0.6 is 0 Å². The molecule has 2 atom stereocenters. The maximum atomic E-state index is 14.5. The van der Waals surface area contributed by atoms with E-state index in [0.29, 0.717) is 42.6 Å². The highest BCUT2D eigenvalue weighted by atomic mass is 19.1. The molecule has 1 aliphatic carbocycles. The van der Waals surface area contributed by atoms with Crippen LogP contribution in [0.4, 0.5) is 8.78 Å². The van der Waals surface area contributed by atoms with Gasteiger partial charge in [-0.1, -0.05) is 50.6 Å². The molecule has 7 heteroatoms. The van der Waals surface area contributed by atoms with Crippen molar-refractivity contribution in [1.29, 1.82) is 5.41 Å². The molecule has 5 nitrogen and oxygen atoms in total. The molecule has 4 aromatic rings. The smallest absolute Gasteiger partial charge is 0.253 e. The Labute approximate surface area is 253 Å². The number of nitrogens with zero attached hydrogens (tertiary/aromatic N) is 3. The van der Waals surface area contributed by atoms with Crippen molar-refractivity contribution in [3.8, 4) is 0 Å².